The fraction of sp³-hybridized carbons (Fsp3) is 0.375. The molecule has 0 bridgehead atoms. The van der Waals surface area contributed by atoms with Gasteiger partial charge in [-0.25, -0.2) is 4.98 Å². The first kappa shape index (κ1) is 13.8. The molecule has 1 aliphatic heterocycles. The fourth-order valence-corrected chi connectivity index (χ4v) is 2.75. The molecular weight excluding hydrogens is 266 g/mol. The molecule has 3 rings (SSSR count). The average molecular weight is 285 g/mol. The van der Waals surface area contributed by atoms with Gasteiger partial charge in [0.05, 0.1) is 24.8 Å². The van der Waals surface area contributed by atoms with Gasteiger partial charge >= 0.3 is 5.97 Å². The van der Waals surface area contributed by atoms with E-state index in [4.69, 9.17) is 4.74 Å². The van der Waals surface area contributed by atoms with E-state index in [-0.39, 0.29) is 12.0 Å². The number of H-pyrrole nitrogens is 1. The van der Waals surface area contributed by atoms with Gasteiger partial charge in [-0.2, -0.15) is 0 Å². The summed E-state index contributed by atoms with van der Waals surface area (Å²) in [6.45, 7) is 3.47. The van der Waals surface area contributed by atoms with Crippen molar-refractivity contribution in [3.63, 3.8) is 0 Å². The number of benzene rings is 1. The standard InChI is InChI=1S/C16H19N3O2/c1-11-3-5-12(6-4-11)8-19-9-14-13(17-10-18-14)7-15(19)16(20)21-2/h3-6,10,15H,7-9H2,1-2H3,(H,17,18)/t15-/m0/s1. The quantitative estimate of drug-likeness (QED) is 0.874. The molecule has 1 aliphatic rings. The van der Waals surface area contributed by atoms with Crippen molar-refractivity contribution in [2.75, 3.05) is 7.11 Å². The van der Waals surface area contributed by atoms with E-state index < -0.39 is 0 Å². The molecule has 21 heavy (non-hydrogen) atoms. The van der Waals surface area contributed by atoms with Gasteiger partial charge in [0.1, 0.15) is 6.04 Å². The minimum Gasteiger partial charge on any atom is -0.468 e. The smallest absolute Gasteiger partial charge is 0.323 e. The zero-order valence-corrected chi connectivity index (χ0v) is 12.3. The van der Waals surface area contributed by atoms with E-state index in [1.54, 1.807) is 6.33 Å². The molecule has 1 aromatic carbocycles. The van der Waals surface area contributed by atoms with E-state index in [2.05, 4.69) is 46.1 Å². The predicted molar refractivity (Wildman–Crippen MR) is 78.5 cm³/mol. The van der Waals surface area contributed by atoms with Crippen molar-refractivity contribution >= 4 is 5.97 Å². The van der Waals surface area contributed by atoms with E-state index in [0.29, 0.717) is 13.0 Å². The first-order valence-electron chi connectivity index (χ1n) is 7.06. The molecule has 0 amide bonds. The van der Waals surface area contributed by atoms with Crippen LogP contribution in [0.25, 0.3) is 0 Å². The molecular formula is C16H19N3O2. The Hall–Kier alpha value is -2.14. The van der Waals surface area contributed by atoms with E-state index in [1.165, 1.54) is 18.2 Å². The molecule has 0 radical (unpaired) electrons. The maximum absolute atomic E-state index is 12.1. The lowest BCUT2D eigenvalue weighted by Gasteiger charge is -2.33. The second-order valence-corrected chi connectivity index (χ2v) is 5.46. The summed E-state index contributed by atoms with van der Waals surface area (Å²) >= 11 is 0. The summed E-state index contributed by atoms with van der Waals surface area (Å²) in [4.78, 5) is 21.6. The van der Waals surface area contributed by atoms with Crippen molar-refractivity contribution in [2.45, 2.75) is 32.5 Å². The number of hydrogen-bond acceptors (Lipinski definition) is 4. The lowest BCUT2D eigenvalue weighted by Crippen LogP contribution is -2.45. The number of aromatic nitrogens is 2. The van der Waals surface area contributed by atoms with E-state index in [9.17, 15) is 4.79 Å². The summed E-state index contributed by atoms with van der Waals surface area (Å²) in [5, 5.41) is 0. The third-order valence-electron chi connectivity index (χ3n) is 3.98. The number of imidazole rings is 1. The van der Waals surface area contributed by atoms with Crippen LogP contribution in [0.15, 0.2) is 30.6 Å². The van der Waals surface area contributed by atoms with Crippen molar-refractivity contribution in [3.8, 4) is 0 Å². The van der Waals surface area contributed by atoms with Crippen LogP contribution in [-0.2, 0) is 29.0 Å². The Labute approximate surface area is 124 Å². The second kappa shape index (κ2) is 5.69. The number of aromatic amines is 1. The van der Waals surface area contributed by atoms with Crippen molar-refractivity contribution in [3.05, 3.63) is 53.1 Å². The Morgan fingerprint density at radius 3 is 2.90 bits per heavy atom. The Kier molecular flexibility index (Phi) is 3.75. The van der Waals surface area contributed by atoms with Crippen LogP contribution in [0.5, 0.6) is 0 Å². The molecule has 0 spiro atoms. The Morgan fingerprint density at radius 1 is 1.43 bits per heavy atom. The molecule has 0 aliphatic carbocycles. The molecule has 0 unspecified atom stereocenters. The summed E-state index contributed by atoms with van der Waals surface area (Å²) in [5.74, 6) is -0.198. The largest absolute Gasteiger partial charge is 0.468 e. The van der Waals surface area contributed by atoms with Gasteiger partial charge in [0.2, 0.25) is 0 Å². The molecule has 5 nitrogen and oxygen atoms in total. The number of nitrogens with one attached hydrogen (secondary N) is 1. The van der Waals surface area contributed by atoms with Crippen molar-refractivity contribution in [1.82, 2.24) is 14.9 Å². The van der Waals surface area contributed by atoms with Gasteiger partial charge < -0.3 is 9.72 Å². The van der Waals surface area contributed by atoms with Gasteiger partial charge in [-0.3, -0.25) is 9.69 Å². The van der Waals surface area contributed by atoms with Crippen molar-refractivity contribution < 1.29 is 9.53 Å². The maximum Gasteiger partial charge on any atom is 0.323 e. The van der Waals surface area contributed by atoms with Crippen molar-refractivity contribution in [1.29, 1.82) is 0 Å². The number of nitrogens with zero attached hydrogens (tertiary/aromatic N) is 2. The SMILES string of the molecule is COC(=O)[C@@H]1Cc2nc[nH]c2CN1Cc1ccc(C)cc1. The van der Waals surface area contributed by atoms with Gasteiger partial charge in [0.25, 0.3) is 0 Å². The number of methoxy groups -OCH3 is 1. The highest BCUT2D eigenvalue weighted by atomic mass is 16.5. The van der Waals surface area contributed by atoms with E-state index in [0.717, 1.165) is 17.9 Å². The van der Waals surface area contributed by atoms with Crippen LogP contribution in [-0.4, -0.2) is 34.0 Å². The number of carbonyl (C=O) groups is 1. The number of ether oxygens (including phenoxy) is 1. The Morgan fingerprint density at radius 2 is 2.19 bits per heavy atom. The molecule has 110 valence electrons. The van der Waals surface area contributed by atoms with E-state index in [1.807, 2.05) is 0 Å². The van der Waals surface area contributed by atoms with Crippen LogP contribution in [0.2, 0.25) is 0 Å². The molecule has 1 aromatic heterocycles. The monoisotopic (exact) mass is 285 g/mol. The summed E-state index contributed by atoms with van der Waals surface area (Å²) in [6.07, 6.45) is 2.28. The van der Waals surface area contributed by atoms with Crippen LogP contribution < -0.4 is 0 Å². The highest BCUT2D eigenvalue weighted by Crippen LogP contribution is 2.23. The molecule has 0 saturated carbocycles. The molecule has 5 heteroatoms. The number of carbonyl (C=O) groups excluding carboxylic acids is 1. The molecule has 1 atom stereocenters. The number of fused-ring (bicyclic) bond motifs is 1. The lowest BCUT2D eigenvalue weighted by atomic mass is 10.0. The zero-order valence-electron chi connectivity index (χ0n) is 12.3. The molecule has 1 N–H and O–H groups in total. The third-order valence-corrected chi connectivity index (χ3v) is 3.98. The summed E-state index contributed by atoms with van der Waals surface area (Å²) in [7, 11) is 1.44. The van der Waals surface area contributed by atoms with Crippen molar-refractivity contribution in [2.24, 2.45) is 0 Å². The van der Waals surface area contributed by atoms with Gasteiger partial charge in [-0.1, -0.05) is 29.8 Å². The normalized spacial score (nSPS) is 18.3. The first-order chi connectivity index (χ1) is 10.2. The molecule has 2 aromatic rings. The highest BCUT2D eigenvalue weighted by Gasteiger charge is 2.33. The topological polar surface area (TPSA) is 58.2 Å². The fourth-order valence-electron chi connectivity index (χ4n) is 2.75. The Bertz CT molecular complexity index is 633. The van der Waals surface area contributed by atoms with Gasteiger partial charge in [-0.05, 0) is 12.5 Å². The summed E-state index contributed by atoms with van der Waals surface area (Å²) < 4.78 is 4.95. The lowest BCUT2D eigenvalue weighted by molar-refractivity contribution is -0.148. The molecule has 2 heterocycles. The molecule has 0 fully saturated rings. The zero-order chi connectivity index (χ0) is 14.8. The minimum absolute atomic E-state index is 0.198. The highest BCUT2D eigenvalue weighted by molar-refractivity contribution is 5.76. The first-order valence-corrected chi connectivity index (χ1v) is 7.06. The van der Waals surface area contributed by atoms with Crippen LogP contribution in [0.4, 0.5) is 0 Å². The summed E-state index contributed by atoms with van der Waals surface area (Å²) in [6, 6.07) is 8.12. The number of hydrogen-bond donors (Lipinski definition) is 1. The Balaban J connectivity index is 1.83. The van der Waals surface area contributed by atoms with Gasteiger partial charge in [-0.15, -0.1) is 0 Å². The maximum atomic E-state index is 12.1. The molecule has 0 saturated heterocycles. The van der Waals surface area contributed by atoms with Gasteiger partial charge in [0, 0.05) is 19.5 Å². The van der Waals surface area contributed by atoms with Crippen LogP contribution in [0, 0.1) is 6.92 Å². The van der Waals surface area contributed by atoms with Crippen LogP contribution >= 0.6 is 0 Å². The summed E-state index contributed by atoms with van der Waals surface area (Å²) in [5.41, 5.74) is 4.48. The second-order valence-electron chi connectivity index (χ2n) is 5.46. The van der Waals surface area contributed by atoms with E-state index >= 15 is 0 Å². The minimum atomic E-state index is -0.271. The number of rotatable bonds is 3. The predicted octanol–water partition coefficient (Wildman–Crippen LogP) is 1.82. The van der Waals surface area contributed by atoms with Gasteiger partial charge in [0.15, 0.2) is 0 Å². The number of esters is 1. The van der Waals surface area contributed by atoms with Crippen LogP contribution in [0.3, 0.4) is 0 Å². The van der Waals surface area contributed by atoms with Crippen LogP contribution in [0.1, 0.15) is 22.5 Å². The average Bonchev–Trinajstić information content (AvgIpc) is 2.95. The third kappa shape index (κ3) is 2.83. The number of aryl methyl sites for hydroxylation is 1.